The smallest absolute Gasteiger partial charge is 0.328 e. The van der Waals surface area contributed by atoms with Gasteiger partial charge in [-0.05, 0) is 24.3 Å². The van der Waals surface area contributed by atoms with Gasteiger partial charge in [0.15, 0.2) is 5.65 Å². The Labute approximate surface area is 175 Å². The number of imidazole rings is 2. The van der Waals surface area contributed by atoms with Crippen molar-refractivity contribution in [1.82, 2.24) is 29.1 Å². The molecule has 2 aromatic carbocycles. The molecule has 0 spiro atoms. The van der Waals surface area contributed by atoms with Gasteiger partial charge in [-0.1, -0.05) is 18.2 Å². The maximum absolute atomic E-state index is 12.9. The molecule has 150 valence electrons. The second-order valence-electron chi connectivity index (χ2n) is 7.33. The number of hydrogen-bond acceptors (Lipinski definition) is 6. The molecule has 6 rings (SSSR count). The first kappa shape index (κ1) is 17.4. The minimum atomic E-state index is -0.265. The van der Waals surface area contributed by atoms with Crippen LogP contribution in [0.15, 0.2) is 59.8 Å². The number of nitrogens with zero attached hydrogens (tertiary/aromatic N) is 6. The first-order valence-electron chi connectivity index (χ1n) is 9.79. The molecule has 3 aromatic heterocycles. The zero-order valence-corrected chi connectivity index (χ0v) is 16.2. The molecule has 4 heterocycles. The standard InChI is InChI=1S/C22H15N7O2/c23-10-13-5-6-14-17(7-8-31-19(14)9-13)29-20-16(26-22(29)30)11-24-21(27-20)28-12-25-15-3-1-2-4-18(15)28/h1-6,9,11-12,17H,7-8H2,(H,26,30). The second kappa shape index (κ2) is 6.53. The first-order chi connectivity index (χ1) is 15.2. The van der Waals surface area contributed by atoms with Gasteiger partial charge in [-0.25, -0.2) is 14.8 Å². The Hall–Kier alpha value is -4.45. The molecule has 0 amide bonds. The number of fused-ring (bicyclic) bond motifs is 3. The number of H-pyrrole nitrogens is 1. The van der Waals surface area contributed by atoms with Crippen LogP contribution >= 0.6 is 0 Å². The van der Waals surface area contributed by atoms with E-state index in [1.165, 1.54) is 0 Å². The maximum Gasteiger partial charge on any atom is 0.328 e. The molecular weight excluding hydrogens is 394 g/mol. The molecule has 1 aliphatic rings. The van der Waals surface area contributed by atoms with E-state index in [1.54, 1.807) is 33.8 Å². The Bertz CT molecular complexity index is 1570. The Morgan fingerprint density at radius 3 is 3.00 bits per heavy atom. The summed E-state index contributed by atoms with van der Waals surface area (Å²) in [5, 5.41) is 9.18. The zero-order valence-electron chi connectivity index (χ0n) is 16.2. The van der Waals surface area contributed by atoms with Crippen molar-refractivity contribution >= 4 is 22.2 Å². The topological polar surface area (TPSA) is 114 Å². The zero-order chi connectivity index (χ0) is 20.9. The summed E-state index contributed by atoms with van der Waals surface area (Å²) in [5.74, 6) is 1.05. The summed E-state index contributed by atoms with van der Waals surface area (Å²) in [6.07, 6.45) is 3.90. The Balaban J connectivity index is 1.54. The van der Waals surface area contributed by atoms with Crippen LogP contribution in [0.3, 0.4) is 0 Å². The highest BCUT2D eigenvalue weighted by Crippen LogP contribution is 2.35. The number of nitriles is 1. The van der Waals surface area contributed by atoms with Crippen molar-refractivity contribution in [2.75, 3.05) is 6.61 Å². The predicted molar refractivity (Wildman–Crippen MR) is 112 cm³/mol. The van der Waals surface area contributed by atoms with Crippen LogP contribution in [0.1, 0.15) is 23.6 Å². The van der Waals surface area contributed by atoms with Crippen LogP contribution in [0.25, 0.3) is 28.1 Å². The number of aromatic nitrogens is 6. The van der Waals surface area contributed by atoms with E-state index in [0.717, 1.165) is 16.6 Å². The maximum atomic E-state index is 12.9. The summed E-state index contributed by atoms with van der Waals surface area (Å²) >= 11 is 0. The highest BCUT2D eigenvalue weighted by atomic mass is 16.5. The van der Waals surface area contributed by atoms with Gasteiger partial charge in [-0.3, -0.25) is 9.13 Å². The minimum absolute atomic E-state index is 0.264. The van der Waals surface area contributed by atoms with Crippen molar-refractivity contribution in [1.29, 1.82) is 5.26 Å². The quantitative estimate of drug-likeness (QED) is 0.479. The molecule has 5 aromatic rings. The number of benzene rings is 2. The molecule has 9 heteroatoms. The van der Waals surface area contributed by atoms with E-state index in [0.29, 0.717) is 41.5 Å². The molecule has 0 aliphatic carbocycles. The molecule has 0 saturated heterocycles. The number of rotatable bonds is 2. The number of para-hydroxylation sites is 2. The largest absolute Gasteiger partial charge is 0.493 e. The fourth-order valence-corrected chi connectivity index (χ4v) is 4.14. The fourth-order valence-electron chi connectivity index (χ4n) is 4.14. The summed E-state index contributed by atoms with van der Waals surface area (Å²) in [6, 6.07) is 14.9. The number of nitrogens with one attached hydrogen (secondary N) is 1. The molecule has 0 fully saturated rings. The normalized spacial score (nSPS) is 15.5. The SMILES string of the molecule is N#Cc1ccc2c(c1)OCCC2n1c(=O)[nH]c2cnc(-n3cnc4ccccc43)nc21. The molecule has 9 nitrogen and oxygen atoms in total. The average Bonchev–Trinajstić information content (AvgIpc) is 3.38. The van der Waals surface area contributed by atoms with E-state index in [-0.39, 0.29) is 11.7 Å². The molecule has 31 heavy (non-hydrogen) atoms. The molecule has 1 atom stereocenters. The van der Waals surface area contributed by atoms with Gasteiger partial charge in [0.05, 0.1) is 41.5 Å². The predicted octanol–water partition coefficient (Wildman–Crippen LogP) is 2.70. The van der Waals surface area contributed by atoms with Gasteiger partial charge in [0, 0.05) is 12.0 Å². The third kappa shape index (κ3) is 2.62. The van der Waals surface area contributed by atoms with Crippen molar-refractivity contribution in [3.63, 3.8) is 0 Å². The molecular formula is C22H15N7O2. The van der Waals surface area contributed by atoms with Crippen LogP contribution in [0, 0.1) is 11.3 Å². The Morgan fingerprint density at radius 2 is 2.10 bits per heavy atom. The minimum Gasteiger partial charge on any atom is -0.493 e. The van der Waals surface area contributed by atoms with Crippen LogP contribution in [0.5, 0.6) is 5.75 Å². The van der Waals surface area contributed by atoms with Gasteiger partial charge in [0.2, 0.25) is 5.95 Å². The Kier molecular flexibility index (Phi) is 3.67. The van der Waals surface area contributed by atoms with E-state index in [9.17, 15) is 10.1 Å². The summed E-state index contributed by atoms with van der Waals surface area (Å²) in [7, 11) is 0. The molecule has 0 radical (unpaired) electrons. The summed E-state index contributed by atoms with van der Waals surface area (Å²) < 4.78 is 9.20. The van der Waals surface area contributed by atoms with Crippen LogP contribution in [-0.4, -0.2) is 35.7 Å². The van der Waals surface area contributed by atoms with Crippen molar-refractivity contribution in [3.05, 3.63) is 76.6 Å². The lowest BCUT2D eigenvalue weighted by Gasteiger charge is -2.26. The lowest BCUT2D eigenvalue weighted by molar-refractivity contribution is 0.256. The second-order valence-corrected chi connectivity index (χ2v) is 7.33. The third-order valence-electron chi connectivity index (χ3n) is 5.58. The van der Waals surface area contributed by atoms with E-state index in [2.05, 4.69) is 21.0 Å². The van der Waals surface area contributed by atoms with Gasteiger partial charge in [-0.2, -0.15) is 10.2 Å². The summed E-state index contributed by atoms with van der Waals surface area (Å²) in [4.78, 5) is 29.3. The monoisotopic (exact) mass is 409 g/mol. The van der Waals surface area contributed by atoms with Gasteiger partial charge in [0.25, 0.3) is 0 Å². The highest BCUT2D eigenvalue weighted by molar-refractivity contribution is 5.77. The molecule has 0 saturated carbocycles. The van der Waals surface area contributed by atoms with Crippen molar-refractivity contribution < 1.29 is 4.74 Å². The van der Waals surface area contributed by atoms with Crippen LogP contribution in [-0.2, 0) is 0 Å². The Morgan fingerprint density at radius 1 is 1.19 bits per heavy atom. The number of hydrogen-bond donors (Lipinski definition) is 1. The summed E-state index contributed by atoms with van der Waals surface area (Å²) in [6.45, 7) is 0.440. The lowest BCUT2D eigenvalue weighted by Crippen LogP contribution is -2.28. The van der Waals surface area contributed by atoms with Gasteiger partial charge in [-0.15, -0.1) is 0 Å². The molecule has 0 bridgehead atoms. The average molecular weight is 409 g/mol. The van der Waals surface area contributed by atoms with E-state index >= 15 is 0 Å². The first-order valence-corrected chi connectivity index (χ1v) is 9.79. The lowest BCUT2D eigenvalue weighted by atomic mass is 9.99. The summed E-state index contributed by atoms with van der Waals surface area (Å²) in [5.41, 5.74) is 3.88. The molecule has 1 aliphatic heterocycles. The van der Waals surface area contributed by atoms with Gasteiger partial charge >= 0.3 is 5.69 Å². The van der Waals surface area contributed by atoms with Crippen molar-refractivity contribution in [2.45, 2.75) is 12.5 Å². The van der Waals surface area contributed by atoms with E-state index in [4.69, 9.17) is 9.72 Å². The van der Waals surface area contributed by atoms with Crippen LogP contribution < -0.4 is 10.4 Å². The van der Waals surface area contributed by atoms with Gasteiger partial charge < -0.3 is 9.72 Å². The number of ether oxygens (including phenoxy) is 1. The molecule has 1 N–H and O–H groups in total. The number of aromatic amines is 1. The third-order valence-corrected chi connectivity index (χ3v) is 5.58. The van der Waals surface area contributed by atoms with Crippen LogP contribution in [0.2, 0.25) is 0 Å². The van der Waals surface area contributed by atoms with Crippen molar-refractivity contribution in [3.8, 4) is 17.8 Å². The van der Waals surface area contributed by atoms with Crippen molar-refractivity contribution in [2.24, 2.45) is 0 Å². The van der Waals surface area contributed by atoms with E-state index < -0.39 is 0 Å². The fraction of sp³-hybridized carbons (Fsp3) is 0.136. The van der Waals surface area contributed by atoms with Crippen LogP contribution in [0.4, 0.5) is 0 Å². The molecule has 1 unspecified atom stereocenters. The highest BCUT2D eigenvalue weighted by Gasteiger charge is 2.27. The van der Waals surface area contributed by atoms with Gasteiger partial charge in [0.1, 0.15) is 17.6 Å². The van der Waals surface area contributed by atoms with E-state index in [1.807, 2.05) is 30.3 Å².